The summed E-state index contributed by atoms with van der Waals surface area (Å²) in [6, 6.07) is 24.5. The second-order valence-electron chi connectivity index (χ2n) is 8.74. The number of carboxylic acid groups (broad SMARTS) is 1. The van der Waals surface area contributed by atoms with Crippen LogP contribution in [0.15, 0.2) is 78.9 Å². The lowest BCUT2D eigenvalue weighted by Gasteiger charge is -2.22. The van der Waals surface area contributed by atoms with E-state index in [0.29, 0.717) is 12.4 Å². The van der Waals surface area contributed by atoms with E-state index in [2.05, 4.69) is 29.6 Å². The van der Waals surface area contributed by atoms with Gasteiger partial charge in [0.25, 0.3) is 0 Å². The van der Waals surface area contributed by atoms with Crippen LogP contribution in [0.5, 0.6) is 5.75 Å². The summed E-state index contributed by atoms with van der Waals surface area (Å²) in [6.45, 7) is 5.59. The van der Waals surface area contributed by atoms with Crippen LogP contribution < -0.4 is 10.1 Å². The van der Waals surface area contributed by atoms with Gasteiger partial charge in [-0.1, -0.05) is 66.7 Å². The number of carbonyl (C=O) groups excluding carboxylic acids is 1. The molecule has 1 atom stereocenters. The van der Waals surface area contributed by atoms with Gasteiger partial charge in [-0.15, -0.1) is 0 Å². The Balaban J connectivity index is 1.54. The molecule has 0 saturated heterocycles. The van der Waals surface area contributed by atoms with Gasteiger partial charge in [-0.3, -0.25) is 0 Å². The molecule has 0 spiro atoms. The van der Waals surface area contributed by atoms with Crippen LogP contribution in [0.4, 0.5) is 4.79 Å². The summed E-state index contributed by atoms with van der Waals surface area (Å²) >= 11 is 0. The smallest absolute Gasteiger partial charge is 0.408 e. The molecule has 0 radical (unpaired) electrons. The number of hydrogen-bond donors (Lipinski definition) is 2. The highest BCUT2D eigenvalue weighted by atomic mass is 16.6. The first-order chi connectivity index (χ1) is 15.7. The minimum Gasteiger partial charge on any atom is -0.489 e. The molecule has 172 valence electrons. The Hall–Kier alpha value is -3.80. The molecule has 0 saturated carbocycles. The topological polar surface area (TPSA) is 84.9 Å². The number of carbonyl (C=O) groups is 2. The predicted molar refractivity (Wildman–Crippen MR) is 127 cm³/mol. The van der Waals surface area contributed by atoms with Crippen LogP contribution in [-0.2, 0) is 22.6 Å². The summed E-state index contributed by atoms with van der Waals surface area (Å²) in [4.78, 5) is 23.5. The molecular weight excluding hydrogens is 418 g/mol. The molecule has 0 aliphatic heterocycles. The normalized spacial score (nSPS) is 12.0. The molecule has 3 aromatic carbocycles. The first-order valence-corrected chi connectivity index (χ1v) is 10.8. The number of amides is 1. The van der Waals surface area contributed by atoms with Crippen LogP contribution in [0, 0.1) is 0 Å². The van der Waals surface area contributed by atoms with Gasteiger partial charge in [0, 0.05) is 6.42 Å². The maximum Gasteiger partial charge on any atom is 0.408 e. The molecule has 6 heteroatoms. The Labute approximate surface area is 194 Å². The van der Waals surface area contributed by atoms with Crippen molar-refractivity contribution in [3.8, 4) is 16.9 Å². The van der Waals surface area contributed by atoms with Crippen LogP contribution in [0.3, 0.4) is 0 Å². The Morgan fingerprint density at radius 1 is 0.848 bits per heavy atom. The van der Waals surface area contributed by atoms with E-state index < -0.39 is 23.7 Å². The summed E-state index contributed by atoms with van der Waals surface area (Å²) in [5, 5.41) is 11.9. The number of aliphatic carboxylic acids is 1. The molecule has 0 aliphatic rings. The maximum atomic E-state index is 11.9. The van der Waals surface area contributed by atoms with Crippen molar-refractivity contribution in [2.24, 2.45) is 0 Å². The Bertz CT molecular complexity index is 1050. The Morgan fingerprint density at radius 3 is 2.00 bits per heavy atom. The van der Waals surface area contributed by atoms with E-state index in [0.717, 1.165) is 16.7 Å². The summed E-state index contributed by atoms with van der Waals surface area (Å²) in [5.74, 6) is -0.446. The molecule has 0 bridgehead atoms. The average Bonchev–Trinajstić information content (AvgIpc) is 2.78. The quantitative estimate of drug-likeness (QED) is 0.479. The zero-order valence-corrected chi connectivity index (χ0v) is 19.1. The lowest BCUT2D eigenvalue weighted by atomic mass is 10.0. The minimum atomic E-state index is -1.12. The summed E-state index contributed by atoms with van der Waals surface area (Å²) in [5.41, 5.74) is 3.43. The highest BCUT2D eigenvalue weighted by molar-refractivity contribution is 5.80. The molecule has 6 nitrogen and oxygen atoms in total. The van der Waals surface area contributed by atoms with Gasteiger partial charge in [0.1, 0.15) is 24.0 Å². The summed E-state index contributed by atoms with van der Waals surface area (Å²) in [6.07, 6.45) is -0.622. The molecule has 33 heavy (non-hydrogen) atoms. The average molecular weight is 448 g/mol. The van der Waals surface area contributed by atoms with E-state index in [4.69, 9.17) is 9.47 Å². The molecule has 0 aromatic heterocycles. The molecule has 0 heterocycles. The summed E-state index contributed by atoms with van der Waals surface area (Å²) < 4.78 is 11.0. The maximum absolute atomic E-state index is 11.9. The molecule has 2 N–H and O–H groups in total. The van der Waals surface area contributed by atoms with Crippen molar-refractivity contribution in [3.05, 3.63) is 90.0 Å². The zero-order valence-electron chi connectivity index (χ0n) is 19.1. The largest absolute Gasteiger partial charge is 0.489 e. The number of hydrogen-bond acceptors (Lipinski definition) is 4. The number of rotatable bonds is 8. The number of nitrogens with one attached hydrogen (secondary N) is 1. The van der Waals surface area contributed by atoms with E-state index >= 15 is 0 Å². The predicted octanol–water partition coefficient (Wildman–Crippen LogP) is 5.45. The van der Waals surface area contributed by atoms with E-state index in [9.17, 15) is 14.7 Å². The molecule has 0 aliphatic carbocycles. The Kier molecular flexibility index (Phi) is 7.72. The second kappa shape index (κ2) is 10.7. The lowest BCUT2D eigenvalue weighted by Crippen LogP contribution is -2.44. The van der Waals surface area contributed by atoms with Gasteiger partial charge >= 0.3 is 12.1 Å². The molecule has 3 rings (SSSR count). The van der Waals surface area contributed by atoms with Gasteiger partial charge in [-0.25, -0.2) is 9.59 Å². The minimum absolute atomic E-state index is 0.135. The standard InChI is InChI=1S/C27H29NO5/c1-27(2,3)33-26(31)28-24(25(29)30)17-19-11-15-23(16-12-19)32-18-20-9-13-22(14-10-20)21-7-5-4-6-8-21/h4-16,24H,17-18H2,1-3H3,(H,28,31)(H,29,30)/t24-/m0/s1. The molecular formula is C27H29NO5. The third-order valence-electron chi connectivity index (χ3n) is 4.82. The highest BCUT2D eigenvalue weighted by Gasteiger charge is 2.24. The molecule has 0 unspecified atom stereocenters. The monoisotopic (exact) mass is 447 g/mol. The number of benzene rings is 3. The van der Waals surface area contributed by atoms with Gasteiger partial charge in [-0.05, 0) is 55.2 Å². The van der Waals surface area contributed by atoms with Crippen molar-refractivity contribution in [1.82, 2.24) is 5.32 Å². The fourth-order valence-corrected chi connectivity index (χ4v) is 3.20. The van der Waals surface area contributed by atoms with E-state index in [-0.39, 0.29) is 6.42 Å². The second-order valence-corrected chi connectivity index (χ2v) is 8.74. The fraction of sp³-hybridized carbons (Fsp3) is 0.259. The SMILES string of the molecule is CC(C)(C)OC(=O)N[C@@H](Cc1ccc(OCc2ccc(-c3ccccc3)cc2)cc1)C(=O)O. The first-order valence-electron chi connectivity index (χ1n) is 10.8. The molecule has 1 amide bonds. The van der Waals surface area contributed by atoms with E-state index in [1.54, 1.807) is 45.0 Å². The molecule has 3 aromatic rings. The number of ether oxygens (including phenoxy) is 2. The van der Waals surface area contributed by atoms with Crippen LogP contribution in [0.25, 0.3) is 11.1 Å². The Morgan fingerprint density at radius 2 is 1.42 bits per heavy atom. The van der Waals surface area contributed by atoms with Gasteiger partial charge in [0.2, 0.25) is 0 Å². The highest BCUT2D eigenvalue weighted by Crippen LogP contribution is 2.20. The first kappa shape index (κ1) is 23.9. The third-order valence-corrected chi connectivity index (χ3v) is 4.82. The fourth-order valence-electron chi connectivity index (χ4n) is 3.20. The van der Waals surface area contributed by atoms with Gasteiger partial charge < -0.3 is 19.9 Å². The van der Waals surface area contributed by atoms with Crippen molar-refractivity contribution in [2.75, 3.05) is 0 Å². The van der Waals surface area contributed by atoms with Crippen molar-refractivity contribution in [1.29, 1.82) is 0 Å². The van der Waals surface area contributed by atoms with E-state index in [1.807, 2.05) is 30.3 Å². The van der Waals surface area contributed by atoms with Crippen molar-refractivity contribution < 1.29 is 24.2 Å². The number of carboxylic acids is 1. The van der Waals surface area contributed by atoms with E-state index in [1.165, 1.54) is 5.56 Å². The van der Waals surface area contributed by atoms with Crippen molar-refractivity contribution >= 4 is 12.1 Å². The van der Waals surface area contributed by atoms with Gasteiger partial charge in [0.15, 0.2) is 0 Å². The van der Waals surface area contributed by atoms with Gasteiger partial charge in [-0.2, -0.15) is 0 Å². The van der Waals surface area contributed by atoms with Crippen molar-refractivity contribution in [3.63, 3.8) is 0 Å². The number of alkyl carbamates (subject to hydrolysis) is 1. The third kappa shape index (κ3) is 7.68. The lowest BCUT2D eigenvalue weighted by molar-refractivity contribution is -0.139. The zero-order chi connectivity index (χ0) is 23.8. The van der Waals surface area contributed by atoms with Crippen LogP contribution in [0.1, 0.15) is 31.9 Å². The van der Waals surface area contributed by atoms with Crippen LogP contribution >= 0.6 is 0 Å². The summed E-state index contributed by atoms with van der Waals surface area (Å²) in [7, 11) is 0. The van der Waals surface area contributed by atoms with Crippen molar-refractivity contribution in [2.45, 2.75) is 45.4 Å². The van der Waals surface area contributed by atoms with Gasteiger partial charge in [0.05, 0.1) is 0 Å². The van der Waals surface area contributed by atoms with Crippen LogP contribution in [0.2, 0.25) is 0 Å². The van der Waals surface area contributed by atoms with Crippen LogP contribution in [-0.4, -0.2) is 28.8 Å². The molecule has 0 fully saturated rings.